The SMILES string of the molecule is CC1(C)CN(CC(=O)Nc2ccn(CCC(F)CN(N)/C=C(\N)C=O)c(=O)c2F)CCO1.CNCc1cccc(OC(C)(F)F)c1. The van der Waals surface area contributed by atoms with Crippen molar-refractivity contribution >= 4 is 17.9 Å². The number of pyridine rings is 1. The van der Waals surface area contributed by atoms with Crippen molar-refractivity contribution in [1.82, 2.24) is 19.8 Å². The fourth-order valence-corrected chi connectivity index (χ4v) is 4.47. The molecule has 1 aliphatic rings. The fourth-order valence-electron chi connectivity index (χ4n) is 4.47. The van der Waals surface area contributed by atoms with Gasteiger partial charge in [0, 0.05) is 45.5 Å². The fraction of sp³-hybridized carbons (Fsp3) is 0.500. The third-order valence-corrected chi connectivity index (χ3v) is 6.37. The minimum Gasteiger partial charge on any atom is -0.433 e. The summed E-state index contributed by atoms with van der Waals surface area (Å²) >= 11 is 0. The first-order chi connectivity index (χ1) is 21.5. The molecule has 0 aliphatic carbocycles. The molecule has 1 aliphatic heterocycles. The standard InChI is InChI=1S/C20H30F2N6O4.C10H13F2NO/c1-20(2)13-26(7-8-32-20)11-17(30)25-16-4-6-27(19(31)18(16)22)5-3-14(21)9-28(24)10-15(23)12-29;1-10(11,12)14-9-5-3-4-8(6-9)7-13-2/h4,6,10,12,14H,3,5,7-9,11,13,23-24H2,1-2H3,(H,25,30);3-6,13H,7H2,1-2H3/b15-10-;. The molecular weight excluding hydrogens is 614 g/mol. The van der Waals surface area contributed by atoms with Crippen LogP contribution in [-0.4, -0.2) is 84.4 Å². The predicted octanol–water partition coefficient (Wildman–Crippen LogP) is 2.34. The first kappa shape index (κ1) is 38.2. The van der Waals surface area contributed by atoms with Crippen LogP contribution in [0.5, 0.6) is 5.75 Å². The second-order valence-electron chi connectivity index (χ2n) is 11.3. The van der Waals surface area contributed by atoms with E-state index < -0.39 is 29.6 Å². The molecule has 0 bridgehead atoms. The lowest BCUT2D eigenvalue weighted by molar-refractivity contribution is -0.159. The molecule has 1 aromatic carbocycles. The lowest BCUT2D eigenvalue weighted by atomic mass is 10.1. The molecule has 256 valence electrons. The maximum atomic E-state index is 14.5. The summed E-state index contributed by atoms with van der Waals surface area (Å²) in [6.45, 7) is 6.47. The van der Waals surface area contributed by atoms with Gasteiger partial charge in [-0.25, -0.2) is 10.2 Å². The summed E-state index contributed by atoms with van der Waals surface area (Å²) in [6, 6.07) is 7.89. The Morgan fingerprint density at radius 3 is 2.65 bits per heavy atom. The highest BCUT2D eigenvalue weighted by atomic mass is 19.3. The molecule has 2 aromatic rings. The van der Waals surface area contributed by atoms with Crippen LogP contribution in [0.2, 0.25) is 0 Å². The molecule has 0 spiro atoms. The number of amides is 1. The van der Waals surface area contributed by atoms with Crippen LogP contribution in [-0.2, 0) is 27.4 Å². The van der Waals surface area contributed by atoms with Crippen molar-refractivity contribution in [2.45, 2.75) is 58.2 Å². The maximum Gasteiger partial charge on any atom is 0.394 e. The van der Waals surface area contributed by atoms with Crippen molar-refractivity contribution in [2.24, 2.45) is 11.6 Å². The van der Waals surface area contributed by atoms with Crippen LogP contribution < -0.4 is 32.5 Å². The molecule has 1 aromatic heterocycles. The summed E-state index contributed by atoms with van der Waals surface area (Å²) in [5.74, 6) is 4.13. The van der Waals surface area contributed by atoms with Crippen LogP contribution in [0.15, 0.2) is 53.2 Å². The van der Waals surface area contributed by atoms with Gasteiger partial charge in [-0.1, -0.05) is 12.1 Å². The zero-order chi connectivity index (χ0) is 34.5. The number of benzene rings is 1. The molecule has 1 unspecified atom stereocenters. The normalized spacial score (nSPS) is 15.7. The van der Waals surface area contributed by atoms with Crippen LogP contribution in [0.25, 0.3) is 0 Å². The second-order valence-corrected chi connectivity index (χ2v) is 11.3. The molecule has 2 heterocycles. The quantitative estimate of drug-likeness (QED) is 0.0782. The number of hydrogen-bond donors (Lipinski definition) is 4. The minimum absolute atomic E-state index is 0.0392. The smallest absolute Gasteiger partial charge is 0.394 e. The Morgan fingerprint density at radius 2 is 2.02 bits per heavy atom. The molecule has 1 amide bonds. The van der Waals surface area contributed by atoms with Crippen molar-refractivity contribution in [3.8, 4) is 5.75 Å². The third kappa shape index (κ3) is 14.0. The van der Waals surface area contributed by atoms with E-state index in [0.29, 0.717) is 32.5 Å². The van der Waals surface area contributed by atoms with Crippen molar-refractivity contribution < 1.29 is 36.6 Å². The van der Waals surface area contributed by atoms with Crippen LogP contribution in [0.4, 0.5) is 23.2 Å². The van der Waals surface area contributed by atoms with Crippen molar-refractivity contribution in [2.75, 3.05) is 45.2 Å². The molecule has 1 atom stereocenters. The van der Waals surface area contributed by atoms with E-state index in [2.05, 4.69) is 15.4 Å². The number of halogens is 4. The first-order valence-corrected chi connectivity index (χ1v) is 14.4. The molecule has 3 rings (SSSR count). The van der Waals surface area contributed by atoms with E-state index in [1.807, 2.05) is 24.8 Å². The monoisotopic (exact) mass is 657 g/mol. The molecule has 1 fully saturated rings. The second kappa shape index (κ2) is 17.6. The molecule has 0 radical (unpaired) electrons. The summed E-state index contributed by atoms with van der Waals surface area (Å²) in [5, 5.41) is 6.27. The van der Waals surface area contributed by atoms with Gasteiger partial charge in [-0.2, -0.15) is 13.2 Å². The van der Waals surface area contributed by atoms with Crippen molar-refractivity contribution in [3.05, 3.63) is 70.2 Å². The van der Waals surface area contributed by atoms with Crippen LogP contribution >= 0.6 is 0 Å². The van der Waals surface area contributed by atoms with E-state index in [4.69, 9.17) is 16.3 Å². The van der Waals surface area contributed by atoms with Gasteiger partial charge in [0.1, 0.15) is 11.9 Å². The summed E-state index contributed by atoms with van der Waals surface area (Å²) < 4.78 is 64.6. The number of carbonyl (C=O) groups is 2. The third-order valence-electron chi connectivity index (χ3n) is 6.37. The minimum atomic E-state index is -3.13. The lowest BCUT2D eigenvalue weighted by Crippen LogP contribution is -2.50. The number of allylic oxidation sites excluding steroid dienone is 1. The number of aromatic nitrogens is 1. The topological polar surface area (TPSA) is 157 Å². The maximum absolute atomic E-state index is 14.5. The highest BCUT2D eigenvalue weighted by Gasteiger charge is 2.28. The molecule has 46 heavy (non-hydrogen) atoms. The van der Waals surface area contributed by atoms with Gasteiger partial charge >= 0.3 is 6.11 Å². The highest BCUT2D eigenvalue weighted by Crippen LogP contribution is 2.22. The largest absolute Gasteiger partial charge is 0.433 e. The van der Waals surface area contributed by atoms with E-state index in [0.717, 1.165) is 28.3 Å². The highest BCUT2D eigenvalue weighted by molar-refractivity contribution is 5.92. The number of rotatable bonds is 14. The van der Waals surface area contributed by atoms with E-state index in [9.17, 15) is 31.9 Å². The summed E-state index contributed by atoms with van der Waals surface area (Å²) in [5.41, 5.74) is 4.45. The van der Waals surface area contributed by atoms with Crippen molar-refractivity contribution in [3.63, 3.8) is 0 Å². The Morgan fingerprint density at radius 1 is 1.30 bits per heavy atom. The summed E-state index contributed by atoms with van der Waals surface area (Å²) in [4.78, 5) is 36.9. The van der Waals surface area contributed by atoms with Gasteiger partial charge in [0.05, 0.1) is 36.7 Å². The van der Waals surface area contributed by atoms with Gasteiger partial charge in [0.2, 0.25) is 11.7 Å². The zero-order valence-electron chi connectivity index (χ0n) is 26.4. The predicted molar refractivity (Wildman–Crippen MR) is 165 cm³/mol. The molecule has 12 nitrogen and oxygen atoms in total. The number of carbonyl (C=O) groups excluding carboxylic acids is 2. The number of nitrogens with one attached hydrogen (secondary N) is 2. The average Bonchev–Trinajstić information content (AvgIpc) is 2.94. The molecule has 1 saturated heterocycles. The number of alkyl halides is 3. The van der Waals surface area contributed by atoms with Gasteiger partial charge in [0.15, 0.2) is 6.29 Å². The number of ether oxygens (including phenoxy) is 2. The van der Waals surface area contributed by atoms with Crippen LogP contribution in [0.3, 0.4) is 0 Å². The van der Waals surface area contributed by atoms with Crippen molar-refractivity contribution in [1.29, 1.82) is 0 Å². The average molecular weight is 658 g/mol. The van der Waals surface area contributed by atoms with Gasteiger partial charge < -0.3 is 35.4 Å². The number of hydrogen-bond acceptors (Lipinski definition) is 10. The summed E-state index contributed by atoms with van der Waals surface area (Å²) in [6.07, 6.45) is -1.96. The zero-order valence-corrected chi connectivity index (χ0v) is 26.4. The van der Waals surface area contributed by atoms with E-state index >= 15 is 0 Å². The van der Waals surface area contributed by atoms with Gasteiger partial charge in [-0.15, -0.1) is 0 Å². The molecule has 6 N–H and O–H groups in total. The number of hydrazine groups is 1. The number of aldehydes is 1. The van der Waals surface area contributed by atoms with Gasteiger partial charge in [0.25, 0.3) is 5.56 Å². The Labute approximate surface area is 265 Å². The van der Waals surface area contributed by atoms with E-state index in [1.54, 1.807) is 19.2 Å². The number of nitrogens with two attached hydrogens (primary N) is 2. The number of nitrogens with zero attached hydrogens (tertiary/aromatic N) is 3. The van der Waals surface area contributed by atoms with Crippen LogP contribution in [0.1, 0.15) is 32.8 Å². The van der Waals surface area contributed by atoms with E-state index in [-0.39, 0.29) is 48.8 Å². The Hall–Kier alpha value is -3.99. The Balaban J connectivity index is 0.000000438. The number of morpholine rings is 1. The number of anilines is 1. The summed E-state index contributed by atoms with van der Waals surface area (Å²) in [7, 11) is 1.79. The van der Waals surface area contributed by atoms with Gasteiger partial charge in [-0.3, -0.25) is 19.3 Å². The van der Waals surface area contributed by atoms with Crippen LogP contribution in [0, 0.1) is 5.82 Å². The Kier molecular flexibility index (Phi) is 14.6. The lowest BCUT2D eigenvalue weighted by Gasteiger charge is -2.37. The van der Waals surface area contributed by atoms with Gasteiger partial charge in [-0.05, 0) is 51.1 Å². The number of aryl methyl sites for hydroxylation is 1. The van der Waals surface area contributed by atoms with E-state index in [1.165, 1.54) is 18.3 Å². The first-order valence-electron chi connectivity index (χ1n) is 14.4. The Bertz CT molecular complexity index is 1380. The molecule has 0 saturated carbocycles. The molecule has 16 heteroatoms. The molecular formula is C30H43F4N7O5.